The van der Waals surface area contributed by atoms with Crippen LogP contribution in [-0.4, -0.2) is 94.3 Å². The number of pyridine rings is 1. The number of hydrogen-bond donors (Lipinski definition) is 1. The highest BCUT2D eigenvalue weighted by Gasteiger charge is 2.20. The molecule has 8 nitrogen and oxygen atoms in total. The number of aliphatic imine (C=N–C) groups is 1. The van der Waals surface area contributed by atoms with E-state index in [4.69, 9.17) is 4.74 Å². The van der Waals surface area contributed by atoms with Crippen LogP contribution in [0.1, 0.15) is 5.56 Å². The molecule has 4 rings (SSSR count). The molecule has 2 fully saturated rings. The maximum atomic E-state index is 5.27. The standard InChI is InChI=1S/C24H35N7O/c1-25-24(31-16-14-29(15-17-31)21-4-6-22(32-3)7-5-21)27-19-20-8-9-26-23(18-20)30-12-10-28(2)11-13-30/h4-9,18H,10-17,19H2,1-3H3,(H,25,27). The first kappa shape index (κ1) is 22.2. The van der Waals surface area contributed by atoms with Crippen molar-refractivity contribution in [2.24, 2.45) is 4.99 Å². The van der Waals surface area contributed by atoms with Gasteiger partial charge in [0, 0.05) is 77.8 Å². The van der Waals surface area contributed by atoms with Crippen LogP contribution in [0.5, 0.6) is 5.75 Å². The maximum absolute atomic E-state index is 5.27. The number of anilines is 2. The van der Waals surface area contributed by atoms with Crippen LogP contribution < -0.4 is 19.9 Å². The summed E-state index contributed by atoms with van der Waals surface area (Å²) in [5.41, 5.74) is 2.47. The summed E-state index contributed by atoms with van der Waals surface area (Å²) in [5.74, 6) is 2.92. The van der Waals surface area contributed by atoms with Gasteiger partial charge in [-0.3, -0.25) is 4.99 Å². The molecule has 2 aliphatic rings. The molecular formula is C24H35N7O. The van der Waals surface area contributed by atoms with Crippen LogP contribution in [0.3, 0.4) is 0 Å². The summed E-state index contributed by atoms with van der Waals surface area (Å²) in [6.07, 6.45) is 1.92. The zero-order chi connectivity index (χ0) is 22.3. The lowest BCUT2D eigenvalue weighted by molar-refractivity contribution is 0.312. The van der Waals surface area contributed by atoms with E-state index in [1.807, 2.05) is 25.4 Å². The van der Waals surface area contributed by atoms with Gasteiger partial charge in [0.05, 0.1) is 7.11 Å². The Morgan fingerprint density at radius 3 is 2.31 bits per heavy atom. The van der Waals surface area contributed by atoms with Crippen LogP contribution in [0, 0.1) is 0 Å². The third-order valence-electron chi connectivity index (χ3n) is 6.32. The first-order chi connectivity index (χ1) is 15.7. The highest BCUT2D eigenvalue weighted by atomic mass is 16.5. The van der Waals surface area contributed by atoms with Crippen molar-refractivity contribution < 1.29 is 4.74 Å². The van der Waals surface area contributed by atoms with Gasteiger partial charge < -0.3 is 29.7 Å². The monoisotopic (exact) mass is 437 g/mol. The van der Waals surface area contributed by atoms with Gasteiger partial charge in [-0.25, -0.2) is 4.98 Å². The number of methoxy groups -OCH3 is 1. The minimum atomic E-state index is 0.745. The molecular weight excluding hydrogens is 402 g/mol. The number of rotatable bonds is 5. The molecule has 1 aromatic heterocycles. The van der Waals surface area contributed by atoms with E-state index in [2.05, 4.69) is 66.2 Å². The largest absolute Gasteiger partial charge is 0.497 e. The highest BCUT2D eigenvalue weighted by molar-refractivity contribution is 5.80. The van der Waals surface area contributed by atoms with Crippen LogP contribution in [0.15, 0.2) is 47.6 Å². The van der Waals surface area contributed by atoms with Crippen LogP contribution in [0.4, 0.5) is 11.5 Å². The second-order valence-corrected chi connectivity index (χ2v) is 8.39. The molecule has 8 heteroatoms. The Kier molecular flexibility index (Phi) is 7.32. The summed E-state index contributed by atoms with van der Waals surface area (Å²) in [6, 6.07) is 12.6. The summed E-state index contributed by atoms with van der Waals surface area (Å²) in [5, 5.41) is 3.55. The predicted molar refractivity (Wildman–Crippen MR) is 131 cm³/mol. The van der Waals surface area contributed by atoms with E-state index >= 15 is 0 Å². The van der Waals surface area contributed by atoms with Crippen molar-refractivity contribution in [3.05, 3.63) is 48.2 Å². The number of nitrogens with zero attached hydrogens (tertiary/aromatic N) is 6. The average molecular weight is 438 g/mol. The number of likely N-dealkylation sites (N-methyl/N-ethyl adjacent to an activating group) is 1. The Morgan fingerprint density at radius 1 is 0.969 bits per heavy atom. The lowest BCUT2D eigenvalue weighted by Gasteiger charge is -2.37. The van der Waals surface area contributed by atoms with Crippen molar-refractivity contribution in [1.29, 1.82) is 0 Å². The first-order valence-corrected chi connectivity index (χ1v) is 11.4. The molecule has 0 saturated carbocycles. The van der Waals surface area contributed by atoms with Crippen molar-refractivity contribution in [1.82, 2.24) is 20.1 Å². The van der Waals surface area contributed by atoms with E-state index in [9.17, 15) is 0 Å². The normalized spacial score (nSPS) is 18.1. The lowest BCUT2D eigenvalue weighted by atomic mass is 10.2. The van der Waals surface area contributed by atoms with Crippen molar-refractivity contribution in [2.45, 2.75) is 6.54 Å². The van der Waals surface area contributed by atoms with E-state index < -0.39 is 0 Å². The number of benzene rings is 1. The van der Waals surface area contributed by atoms with Gasteiger partial charge in [-0.15, -0.1) is 0 Å². The number of hydrogen-bond acceptors (Lipinski definition) is 6. The molecule has 2 aromatic rings. The fourth-order valence-electron chi connectivity index (χ4n) is 4.26. The second-order valence-electron chi connectivity index (χ2n) is 8.39. The van der Waals surface area contributed by atoms with E-state index in [0.717, 1.165) is 76.4 Å². The van der Waals surface area contributed by atoms with Gasteiger partial charge in [-0.05, 0) is 49.0 Å². The fraction of sp³-hybridized carbons (Fsp3) is 0.500. The third-order valence-corrected chi connectivity index (χ3v) is 6.32. The smallest absolute Gasteiger partial charge is 0.194 e. The second kappa shape index (κ2) is 10.5. The number of piperazine rings is 2. The van der Waals surface area contributed by atoms with Crippen molar-refractivity contribution >= 4 is 17.5 Å². The summed E-state index contributed by atoms with van der Waals surface area (Å²) < 4.78 is 5.27. The molecule has 0 amide bonds. The molecule has 2 saturated heterocycles. The van der Waals surface area contributed by atoms with Crippen molar-refractivity contribution in [3.63, 3.8) is 0 Å². The molecule has 1 aromatic carbocycles. The van der Waals surface area contributed by atoms with E-state index in [1.54, 1.807) is 7.11 Å². The quantitative estimate of drug-likeness (QED) is 0.565. The Balaban J connectivity index is 1.29. The Morgan fingerprint density at radius 2 is 1.66 bits per heavy atom. The van der Waals surface area contributed by atoms with Crippen LogP contribution >= 0.6 is 0 Å². The summed E-state index contributed by atoms with van der Waals surface area (Å²) in [7, 11) is 5.74. The number of nitrogens with one attached hydrogen (secondary N) is 1. The average Bonchev–Trinajstić information content (AvgIpc) is 2.85. The molecule has 0 spiro atoms. The minimum absolute atomic E-state index is 0.745. The van der Waals surface area contributed by atoms with Crippen LogP contribution in [0.25, 0.3) is 0 Å². The van der Waals surface area contributed by atoms with E-state index in [0.29, 0.717) is 0 Å². The molecule has 3 heterocycles. The fourth-order valence-corrected chi connectivity index (χ4v) is 4.26. The molecule has 2 aliphatic heterocycles. The Hall–Kier alpha value is -3.00. The topological polar surface area (TPSA) is 59.5 Å². The summed E-state index contributed by atoms with van der Waals surface area (Å²) in [4.78, 5) is 18.6. The van der Waals surface area contributed by atoms with Gasteiger partial charge in [0.15, 0.2) is 5.96 Å². The van der Waals surface area contributed by atoms with E-state index in [-0.39, 0.29) is 0 Å². The minimum Gasteiger partial charge on any atom is -0.497 e. The molecule has 0 radical (unpaired) electrons. The van der Waals surface area contributed by atoms with Crippen LogP contribution in [-0.2, 0) is 6.54 Å². The number of aromatic nitrogens is 1. The molecule has 1 N–H and O–H groups in total. The molecule has 0 unspecified atom stereocenters. The van der Waals surface area contributed by atoms with Gasteiger partial charge in [0.2, 0.25) is 0 Å². The summed E-state index contributed by atoms with van der Waals surface area (Å²) >= 11 is 0. The lowest BCUT2D eigenvalue weighted by Crippen LogP contribution is -2.52. The van der Waals surface area contributed by atoms with Gasteiger partial charge in [0.1, 0.15) is 11.6 Å². The molecule has 0 atom stereocenters. The molecule has 0 aliphatic carbocycles. The van der Waals surface area contributed by atoms with Gasteiger partial charge in [-0.2, -0.15) is 0 Å². The maximum Gasteiger partial charge on any atom is 0.194 e. The zero-order valence-electron chi connectivity index (χ0n) is 19.5. The Bertz CT molecular complexity index is 885. The van der Waals surface area contributed by atoms with Crippen molar-refractivity contribution in [3.8, 4) is 5.75 Å². The third kappa shape index (κ3) is 5.43. The Labute approximate surface area is 191 Å². The molecule has 0 bridgehead atoms. The van der Waals surface area contributed by atoms with Crippen LogP contribution in [0.2, 0.25) is 0 Å². The number of guanidine groups is 1. The SMILES string of the molecule is CN=C(NCc1ccnc(N2CCN(C)CC2)c1)N1CCN(c2ccc(OC)cc2)CC1. The van der Waals surface area contributed by atoms with Gasteiger partial charge in [-0.1, -0.05) is 0 Å². The molecule has 172 valence electrons. The van der Waals surface area contributed by atoms with Gasteiger partial charge >= 0.3 is 0 Å². The molecule has 32 heavy (non-hydrogen) atoms. The van der Waals surface area contributed by atoms with Crippen molar-refractivity contribution in [2.75, 3.05) is 83.4 Å². The number of ether oxygens (including phenoxy) is 1. The van der Waals surface area contributed by atoms with E-state index in [1.165, 1.54) is 11.3 Å². The summed E-state index contributed by atoms with van der Waals surface area (Å²) in [6.45, 7) is 8.78. The first-order valence-electron chi connectivity index (χ1n) is 11.4. The predicted octanol–water partition coefficient (Wildman–Crippen LogP) is 1.74. The zero-order valence-corrected chi connectivity index (χ0v) is 19.5. The van der Waals surface area contributed by atoms with Gasteiger partial charge in [0.25, 0.3) is 0 Å². The highest BCUT2D eigenvalue weighted by Crippen LogP contribution is 2.20.